The van der Waals surface area contributed by atoms with Crippen molar-refractivity contribution < 1.29 is 9.72 Å². The van der Waals surface area contributed by atoms with Crippen LogP contribution in [0.3, 0.4) is 0 Å². The molecule has 1 heterocycles. The molecule has 23 heavy (non-hydrogen) atoms. The van der Waals surface area contributed by atoms with Gasteiger partial charge >= 0.3 is 4.87 Å². The van der Waals surface area contributed by atoms with Crippen LogP contribution in [0.4, 0.5) is 11.4 Å². The van der Waals surface area contributed by atoms with E-state index in [2.05, 4.69) is 5.32 Å². The molecule has 0 fully saturated rings. The molecule has 0 saturated carbocycles. The smallest absolute Gasteiger partial charge is 0.308 e. The third kappa shape index (κ3) is 3.11. The van der Waals surface area contributed by atoms with Crippen LogP contribution in [0.2, 0.25) is 0 Å². The van der Waals surface area contributed by atoms with Crippen molar-refractivity contribution in [1.82, 2.24) is 4.57 Å². The Morgan fingerprint density at radius 3 is 2.78 bits per heavy atom. The number of nitro benzene ring substituents is 1. The average Bonchev–Trinajstić information content (AvgIpc) is 2.83. The standard InChI is InChI=1S/C15H11N3O4S/c19-14(16-10-4-3-5-11(8-10)18(21)22)9-17-12-6-1-2-7-13(12)23-15(17)20/h1-8H,9H2,(H,16,19). The van der Waals surface area contributed by atoms with E-state index in [-0.39, 0.29) is 17.1 Å². The van der Waals surface area contributed by atoms with E-state index in [1.807, 2.05) is 12.1 Å². The Kier molecular flexibility index (Phi) is 3.90. The van der Waals surface area contributed by atoms with Crippen LogP contribution in [0.1, 0.15) is 0 Å². The second-order valence-corrected chi connectivity index (χ2v) is 5.77. The number of anilines is 1. The summed E-state index contributed by atoms with van der Waals surface area (Å²) < 4.78 is 2.19. The zero-order chi connectivity index (χ0) is 16.4. The molecule has 0 aliphatic heterocycles. The van der Waals surface area contributed by atoms with Crippen molar-refractivity contribution in [3.8, 4) is 0 Å². The van der Waals surface area contributed by atoms with Gasteiger partial charge in [0.15, 0.2) is 0 Å². The topological polar surface area (TPSA) is 94.2 Å². The van der Waals surface area contributed by atoms with Crippen LogP contribution >= 0.6 is 11.3 Å². The molecule has 116 valence electrons. The summed E-state index contributed by atoms with van der Waals surface area (Å²) in [5.41, 5.74) is 0.898. The maximum Gasteiger partial charge on any atom is 0.308 e. The first-order chi connectivity index (χ1) is 11.0. The highest BCUT2D eigenvalue weighted by molar-refractivity contribution is 7.16. The van der Waals surface area contributed by atoms with Gasteiger partial charge in [0.25, 0.3) is 5.69 Å². The number of benzene rings is 2. The number of fused-ring (bicyclic) bond motifs is 1. The van der Waals surface area contributed by atoms with Gasteiger partial charge in [0.05, 0.1) is 15.1 Å². The van der Waals surface area contributed by atoms with Gasteiger partial charge in [-0.3, -0.25) is 24.3 Å². The number of amides is 1. The number of hydrogen-bond donors (Lipinski definition) is 1. The van der Waals surface area contributed by atoms with Gasteiger partial charge < -0.3 is 5.32 Å². The first-order valence-electron chi connectivity index (χ1n) is 6.67. The van der Waals surface area contributed by atoms with Gasteiger partial charge in [-0.05, 0) is 18.2 Å². The van der Waals surface area contributed by atoms with Crippen molar-refractivity contribution in [2.45, 2.75) is 6.54 Å². The largest absolute Gasteiger partial charge is 0.324 e. The number of carbonyl (C=O) groups is 1. The van der Waals surface area contributed by atoms with Crippen LogP contribution in [0.5, 0.6) is 0 Å². The van der Waals surface area contributed by atoms with Crippen LogP contribution in [0.25, 0.3) is 10.2 Å². The number of thiazole rings is 1. The van der Waals surface area contributed by atoms with Gasteiger partial charge in [0.1, 0.15) is 6.54 Å². The molecule has 0 bridgehead atoms. The molecule has 1 amide bonds. The summed E-state index contributed by atoms with van der Waals surface area (Å²) >= 11 is 1.07. The number of carbonyl (C=O) groups excluding carboxylic acids is 1. The van der Waals surface area contributed by atoms with E-state index in [1.54, 1.807) is 18.2 Å². The normalized spacial score (nSPS) is 10.6. The van der Waals surface area contributed by atoms with Gasteiger partial charge in [0, 0.05) is 17.8 Å². The monoisotopic (exact) mass is 329 g/mol. The summed E-state index contributed by atoms with van der Waals surface area (Å²) in [6.45, 7) is -0.147. The minimum atomic E-state index is -0.535. The third-order valence-electron chi connectivity index (χ3n) is 3.22. The predicted octanol–water partition coefficient (Wildman–Crippen LogP) is 2.61. The molecule has 0 radical (unpaired) electrons. The Bertz CT molecular complexity index is 961. The molecule has 1 aromatic heterocycles. The molecule has 3 rings (SSSR count). The molecular weight excluding hydrogens is 318 g/mol. The quantitative estimate of drug-likeness (QED) is 0.588. The summed E-state index contributed by atoms with van der Waals surface area (Å²) in [7, 11) is 0. The van der Waals surface area contributed by atoms with Crippen molar-refractivity contribution in [2.75, 3.05) is 5.32 Å². The Morgan fingerprint density at radius 2 is 2.00 bits per heavy atom. The second kappa shape index (κ2) is 6.01. The molecule has 3 aromatic rings. The highest BCUT2D eigenvalue weighted by atomic mass is 32.1. The van der Waals surface area contributed by atoms with Crippen molar-refractivity contribution in [3.63, 3.8) is 0 Å². The minimum Gasteiger partial charge on any atom is -0.324 e. The highest BCUT2D eigenvalue weighted by Crippen LogP contribution is 2.18. The van der Waals surface area contributed by atoms with E-state index in [0.29, 0.717) is 11.2 Å². The fraction of sp³-hybridized carbons (Fsp3) is 0.0667. The lowest BCUT2D eigenvalue weighted by Crippen LogP contribution is -2.24. The number of hydrogen-bond acceptors (Lipinski definition) is 5. The average molecular weight is 329 g/mol. The summed E-state index contributed by atoms with van der Waals surface area (Å²) in [6.07, 6.45) is 0. The van der Waals surface area contributed by atoms with Crippen LogP contribution in [0, 0.1) is 10.1 Å². The molecule has 0 atom stereocenters. The number of nitrogens with zero attached hydrogens (tertiary/aromatic N) is 2. The first-order valence-corrected chi connectivity index (χ1v) is 7.49. The lowest BCUT2D eigenvalue weighted by Gasteiger charge is -2.06. The zero-order valence-corrected chi connectivity index (χ0v) is 12.6. The molecule has 0 aliphatic carbocycles. The van der Waals surface area contributed by atoms with E-state index >= 15 is 0 Å². The van der Waals surface area contributed by atoms with E-state index < -0.39 is 10.8 Å². The molecule has 8 heteroatoms. The molecule has 0 saturated heterocycles. The molecule has 7 nitrogen and oxygen atoms in total. The van der Waals surface area contributed by atoms with Gasteiger partial charge in [-0.25, -0.2) is 0 Å². The maximum atomic E-state index is 12.1. The fourth-order valence-corrected chi connectivity index (χ4v) is 3.10. The first kappa shape index (κ1) is 14.9. The van der Waals surface area contributed by atoms with Gasteiger partial charge in [-0.1, -0.05) is 29.5 Å². The molecule has 0 spiro atoms. The van der Waals surface area contributed by atoms with Crippen molar-refractivity contribution in [1.29, 1.82) is 0 Å². The fourth-order valence-electron chi connectivity index (χ4n) is 2.21. The Labute approximate surface area is 133 Å². The Hall–Kier alpha value is -3.00. The van der Waals surface area contributed by atoms with Gasteiger partial charge in [-0.15, -0.1) is 0 Å². The highest BCUT2D eigenvalue weighted by Gasteiger charge is 2.12. The Morgan fingerprint density at radius 1 is 1.22 bits per heavy atom. The van der Waals surface area contributed by atoms with Crippen molar-refractivity contribution in [2.24, 2.45) is 0 Å². The number of aromatic nitrogens is 1. The van der Waals surface area contributed by atoms with Crippen molar-refractivity contribution >= 4 is 38.8 Å². The lowest BCUT2D eigenvalue weighted by atomic mass is 10.3. The molecule has 1 N–H and O–H groups in total. The van der Waals surface area contributed by atoms with Crippen LogP contribution in [-0.2, 0) is 11.3 Å². The summed E-state index contributed by atoms with van der Waals surface area (Å²) in [6, 6.07) is 12.9. The number of nitro groups is 1. The lowest BCUT2D eigenvalue weighted by molar-refractivity contribution is -0.384. The van der Waals surface area contributed by atoms with Crippen molar-refractivity contribution in [3.05, 3.63) is 68.3 Å². The third-order valence-corrected chi connectivity index (χ3v) is 4.18. The number of nitrogens with one attached hydrogen (secondary N) is 1. The molecule has 0 unspecified atom stereocenters. The number of non-ortho nitro benzene ring substituents is 1. The second-order valence-electron chi connectivity index (χ2n) is 4.78. The van der Waals surface area contributed by atoms with Crippen LogP contribution in [-0.4, -0.2) is 15.4 Å². The van der Waals surface area contributed by atoms with E-state index in [0.717, 1.165) is 16.0 Å². The number of rotatable bonds is 4. The van der Waals surface area contributed by atoms with E-state index in [9.17, 15) is 19.7 Å². The van der Waals surface area contributed by atoms with Gasteiger partial charge in [-0.2, -0.15) is 0 Å². The van der Waals surface area contributed by atoms with Crippen LogP contribution < -0.4 is 10.2 Å². The Balaban J connectivity index is 1.82. The molecule has 0 aliphatic rings. The zero-order valence-electron chi connectivity index (χ0n) is 11.8. The predicted molar refractivity (Wildman–Crippen MR) is 87.8 cm³/mol. The number of para-hydroxylation sites is 1. The molecular formula is C15H11N3O4S. The minimum absolute atomic E-state index is 0.110. The maximum absolute atomic E-state index is 12.1. The summed E-state index contributed by atoms with van der Waals surface area (Å²) in [5, 5.41) is 13.3. The summed E-state index contributed by atoms with van der Waals surface area (Å²) in [5.74, 6) is -0.420. The molecule has 2 aromatic carbocycles. The summed E-state index contributed by atoms with van der Waals surface area (Å²) in [4.78, 5) is 34.1. The van der Waals surface area contributed by atoms with Gasteiger partial charge in [0.2, 0.25) is 5.91 Å². The van der Waals surface area contributed by atoms with E-state index in [1.165, 1.54) is 22.8 Å². The van der Waals surface area contributed by atoms with Crippen LogP contribution in [0.15, 0.2) is 53.3 Å². The van der Waals surface area contributed by atoms with E-state index in [4.69, 9.17) is 0 Å². The SMILES string of the molecule is O=C(Cn1c(=O)sc2ccccc21)Nc1cccc([N+](=O)[O-])c1.